The predicted molar refractivity (Wildman–Crippen MR) is 69.6 cm³/mol. The molecule has 0 heterocycles. The molecule has 0 aliphatic heterocycles. The Labute approximate surface area is 111 Å². The Morgan fingerprint density at radius 3 is 2.35 bits per heavy atom. The van der Waals surface area contributed by atoms with Gasteiger partial charge in [-0.2, -0.15) is 0 Å². The zero-order valence-corrected chi connectivity index (χ0v) is 11.2. The standard InChI is InChI=1S/C12H15Cl2NO2/c1-7(2)10(16)6-15-12(17)11-8(13)4-3-5-9(11)14/h3-5,7,10,16H,6H2,1-2H3,(H,15,17). The van der Waals surface area contributed by atoms with E-state index in [2.05, 4.69) is 5.32 Å². The SMILES string of the molecule is CC(C)C(O)CNC(=O)c1c(Cl)cccc1Cl. The summed E-state index contributed by atoms with van der Waals surface area (Å²) >= 11 is 11.8. The molecule has 1 rings (SSSR count). The lowest BCUT2D eigenvalue weighted by molar-refractivity contribution is 0.0872. The minimum atomic E-state index is -0.583. The van der Waals surface area contributed by atoms with Crippen molar-refractivity contribution in [3.63, 3.8) is 0 Å². The topological polar surface area (TPSA) is 49.3 Å². The van der Waals surface area contributed by atoms with Crippen molar-refractivity contribution >= 4 is 29.1 Å². The molecule has 17 heavy (non-hydrogen) atoms. The van der Waals surface area contributed by atoms with Gasteiger partial charge in [-0.25, -0.2) is 0 Å². The van der Waals surface area contributed by atoms with Gasteiger partial charge >= 0.3 is 0 Å². The van der Waals surface area contributed by atoms with Crippen molar-refractivity contribution in [2.24, 2.45) is 5.92 Å². The summed E-state index contributed by atoms with van der Waals surface area (Å²) in [5, 5.41) is 12.8. The van der Waals surface area contributed by atoms with Gasteiger partial charge in [0.25, 0.3) is 5.91 Å². The summed E-state index contributed by atoms with van der Waals surface area (Å²) < 4.78 is 0. The maximum Gasteiger partial charge on any atom is 0.254 e. The second-order valence-electron chi connectivity index (χ2n) is 4.12. The number of aliphatic hydroxyl groups excluding tert-OH is 1. The van der Waals surface area contributed by atoms with Crippen LogP contribution in [-0.4, -0.2) is 23.7 Å². The molecule has 1 unspecified atom stereocenters. The first-order chi connectivity index (χ1) is 7.93. The highest BCUT2D eigenvalue weighted by Gasteiger charge is 2.16. The van der Waals surface area contributed by atoms with E-state index in [-0.39, 0.29) is 23.9 Å². The summed E-state index contributed by atoms with van der Waals surface area (Å²) in [4.78, 5) is 11.8. The predicted octanol–water partition coefficient (Wildman–Crippen LogP) is 2.74. The van der Waals surface area contributed by atoms with E-state index in [1.165, 1.54) is 0 Å². The summed E-state index contributed by atoms with van der Waals surface area (Å²) in [6, 6.07) is 4.87. The Morgan fingerprint density at radius 2 is 1.88 bits per heavy atom. The van der Waals surface area contributed by atoms with Crippen LogP contribution in [0, 0.1) is 5.92 Å². The van der Waals surface area contributed by atoms with Gasteiger partial charge in [-0.15, -0.1) is 0 Å². The molecule has 94 valence electrons. The van der Waals surface area contributed by atoms with Gasteiger partial charge < -0.3 is 10.4 Å². The highest BCUT2D eigenvalue weighted by atomic mass is 35.5. The highest BCUT2D eigenvalue weighted by molar-refractivity contribution is 6.39. The molecule has 5 heteroatoms. The lowest BCUT2D eigenvalue weighted by atomic mass is 10.1. The van der Waals surface area contributed by atoms with E-state index >= 15 is 0 Å². The van der Waals surface area contributed by atoms with Crippen LogP contribution < -0.4 is 5.32 Å². The van der Waals surface area contributed by atoms with Crippen LogP contribution in [0.3, 0.4) is 0 Å². The number of carbonyl (C=O) groups is 1. The monoisotopic (exact) mass is 275 g/mol. The molecule has 2 N–H and O–H groups in total. The van der Waals surface area contributed by atoms with Crippen molar-refractivity contribution in [3.05, 3.63) is 33.8 Å². The van der Waals surface area contributed by atoms with Gasteiger partial charge in [0, 0.05) is 6.54 Å². The Kier molecular flexibility index (Phi) is 5.25. The van der Waals surface area contributed by atoms with Crippen LogP contribution >= 0.6 is 23.2 Å². The molecule has 0 bridgehead atoms. The number of aliphatic hydroxyl groups is 1. The molecule has 0 fully saturated rings. The Hall–Kier alpha value is -0.770. The fraction of sp³-hybridized carbons (Fsp3) is 0.417. The van der Waals surface area contributed by atoms with E-state index in [1.54, 1.807) is 18.2 Å². The Bertz CT molecular complexity index is 387. The Balaban J connectivity index is 2.71. The normalized spacial score (nSPS) is 12.6. The number of hydrogen-bond donors (Lipinski definition) is 2. The lowest BCUT2D eigenvalue weighted by Gasteiger charge is -2.15. The molecule has 0 aromatic heterocycles. The number of halogens is 2. The van der Waals surface area contributed by atoms with E-state index < -0.39 is 6.10 Å². The average molecular weight is 276 g/mol. The van der Waals surface area contributed by atoms with Gasteiger partial charge in [-0.1, -0.05) is 43.1 Å². The summed E-state index contributed by atoms with van der Waals surface area (Å²) in [6.07, 6.45) is -0.583. The largest absolute Gasteiger partial charge is 0.391 e. The van der Waals surface area contributed by atoms with Crippen LogP contribution in [0.1, 0.15) is 24.2 Å². The molecule has 0 aliphatic carbocycles. The molecule has 1 amide bonds. The third-order valence-electron chi connectivity index (χ3n) is 2.43. The molecule has 0 spiro atoms. The maximum atomic E-state index is 11.8. The quantitative estimate of drug-likeness (QED) is 0.888. The third kappa shape index (κ3) is 3.87. The highest BCUT2D eigenvalue weighted by Crippen LogP contribution is 2.23. The first kappa shape index (κ1) is 14.3. The first-order valence-electron chi connectivity index (χ1n) is 5.33. The molecular weight excluding hydrogens is 261 g/mol. The number of rotatable bonds is 4. The zero-order valence-electron chi connectivity index (χ0n) is 9.71. The summed E-state index contributed by atoms with van der Waals surface area (Å²) in [7, 11) is 0. The van der Waals surface area contributed by atoms with E-state index in [0.29, 0.717) is 10.0 Å². The molecule has 1 atom stereocenters. The molecule has 1 aromatic carbocycles. The van der Waals surface area contributed by atoms with Crippen LogP contribution in [-0.2, 0) is 0 Å². The Morgan fingerprint density at radius 1 is 1.35 bits per heavy atom. The smallest absolute Gasteiger partial charge is 0.254 e. The van der Waals surface area contributed by atoms with Crippen LogP contribution in [0.5, 0.6) is 0 Å². The van der Waals surface area contributed by atoms with Crippen molar-refractivity contribution < 1.29 is 9.90 Å². The first-order valence-corrected chi connectivity index (χ1v) is 6.09. The number of benzene rings is 1. The second kappa shape index (κ2) is 6.24. The number of carbonyl (C=O) groups excluding carboxylic acids is 1. The number of amides is 1. The van der Waals surface area contributed by atoms with Gasteiger partial charge in [0.05, 0.1) is 21.7 Å². The van der Waals surface area contributed by atoms with E-state index in [9.17, 15) is 9.90 Å². The lowest BCUT2D eigenvalue weighted by Crippen LogP contribution is -2.34. The van der Waals surface area contributed by atoms with E-state index in [4.69, 9.17) is 23.2 Å². The molecule has 0 aliphatic rings. The fourth-order valence-corrected chi connectivity index (χ4v) is 1.81. The third-order valence-corrected chi connectivity index (χ3v) is 3.06. The number of nitrogens with one attached hydrogen (secondary N) is 1. The number of hydrogen-bond acceptors (Lipinski definition) is 2. The van der Waals surface area contributed by atoms with Crippen LogP contribution in [0.4, 0.5) is 0 Å². The van der Waals surface area contributed by atoms with Crippen molar-refractivity contribution in [3.8, 4) is 0 Å². The van der Waals surface area contributed by atoms with E-state index in [0.717, 1.165) is 0 Å². The van der Waals surface area contributed by atoms with Crippen LogP contribution in [0.25, 0.3) is 0 Å². The molecule has 0 radical (unpaired) electrons. The average Bonchev–Trinajstić information content (AvgIpc) is 2.25. The second-order valence-corrected chi connectivity index (χ2v) is 4.93. The van der Waals surface area contributed by atoms with E-state index in [1.807, 2.05) is 13.8 Å². The molecular formula is C12H15Cl2NO2. The van der Waals surface area contributed by atoms with Gasteiger partial charge in [0.1, 0.15) is 0 Å². The van der Waals surface area contributed by atoms with Gasteiger partial charge in [0.2, 0.25) is 0 Å². The van der Waals surface area contributed by atoms with Crippen molar-refractivity contribution in [1.82, 2.24) is 5.32 Å². The fourth-order valence-electron chi connectivity index (χ4n) is 1.24. The minimum absolute atomic E-state index is 0.0806. The van der Waals surface area contributed by atoms with Crippen LogP contribution in [0.15, 0.2) is 18.2 Å². The summed E-state index contributed by atoms with van der Waals surface area (Å²) in [6.45, 7) is 3.93. The molecule has 0 saturated carbocycles. The van der Waals surface area contributed by atoms with Gasteiger partial charge in [-0.3, -0.25) is 4.79 Å². The summed E-state index contributed by atoms with van der Waals surface area (Å²) in [5.41, 5.74) is 0.242. The van der Waals surface area contributed by atoms with Crippen molar-refractivity contribution in [2.45, 2.75) is 20.0 Å². The summed E-state index contributed by atoms with van der Waals surface area (Å²) in [5.74, 6) is -0.294. The van der Waals surface area contributed by atoms with Crippen LogP contribution in [0.2, 0.25) is 10.0 Å². The van der Waals surface area contributed by atoms with Gasteiger partial charge in [0.15, 0.2) is 0 Å². The maximum absolute atomic E-state index is 11.8. The molecule has 0 saturated heterocycles. The zero-order chi connectivity index (χ0) is 13.0. The van der Waals surface area contributed by atoms with Gasteiger partial charge in [-0.05, 0) is 18.1 Å². The molecule has 1 aromatic rings. The minimum Gasteiger partial charge on any atom is -0.391 e. The molecule has 3 nitrogen and oxygen atoms in total. The van der Waals surface area contributed by atoms with Crippen molar-refractivity contribution in [1.29, 1.82) is 0 Å². The van der Waals surface area contributed by atoms with Crippen molar-refractivity contribution in [2.75, 3.05) is 6.54 Å².